The van der Waals surface area contributed by atoms with Gasteiger partial charge in [-0.2, -0.15) is 5.10 Å². The van der Waals surface area contributed by atoms with E-state index >= 15 is 0 Å². The summed E-state index contributed by atoms with van der Waals surface area (Å²) in [5.74, 6) is -0.739. The van der Waals surface area contributed by atoms with Gasteiger partial charge in [0.2, 0.25) is 0 Å². The number of amides is 1. The first-order valence-electron chi connectivity index (χ1n) is 8.58. The number of phenolic OH excluding ortho intramolecular Hbond substituents is 1. The molecule has 7 nitrogen and oxygen atoms in total. The highest BCUT2D eigenvalue weighted by Crippen LogP contribution is 2.22. The molecule has 146 valence electrons. The van der Waals surface area contributed by atoms with E-state index < -0.39 is 10.8 Å². The standard InChI is InChI=1S/C21H16ClN3O4/c22-18-7-3-1-5-15(18)11-14-9-10-20(26)16(12-14)13-23-24-21(27)17-6-2-4-8-19(17)25(28)29/h1-10,12-13,26H,11H2,(H,24,27)/b23-13+. The molecule has 0 saturated heterocycles. The van der Waals surface area contributed by atoms with Crippen LogP contribution < -0.4 is 5.43 Å². The Labute approximate surface area is 171 Å². The SMILES string of the molecule is O=C(N/N=C/c1cc(Cc2ccccc2Cl)ccc1O)c1ccccc1[N+](=O)[O-]. The van der Waals surface area contributed by atoms with Gasteiger partial charge in [0.15, 0.2) is 0 Å². The molecule has 3 aromatic rings. The summed E-state index contributed by atoms with van der Waals surface area (Å²) in [6, 6.07) is 18.0. The van der Waals surface area contributed by atoms with Gasteiger partial charge in [-0.15, -0.1) is 0 Å². The molecule has 0 aliphatic carbocycles. The van der Waals surface area contributed by atoms with Crippen LogP contribution in [0.2, 0.25) is 5.02 Å². The number of para-hydroxylation sites is 1. The third-order valence-electron chi connectivity index (χ3n) is 4.16. The molecule has 2 N–H and O–H groups in total. The van der Waals surface area contributed by atoms with E-state index in [9.17, 15) is 20.0 Å². The number of hydrogen-bond donors (Lipinski definition) is 2. The highest BCUT2D eigenvalue weighted by atomic mass is 35.5. The molecule has 0 unspecified atom stereocenters. The van der Waals surface area contributed by atoms with E-state index in [1.165, 1.54) is 36.5 Å². The zero-order chi connectivity index (χ0) is 20.8. The number of hydrazone groups is 1. The second-order valence-corrected chi connectivity index (χ2v) is 6.54. The molecule has 3 rings (SSSR count). The van der Waals surface area contributed by atoms with Crippen molar-refractivity contribution in [2.45, 2.75) is 6.42 Å². The second kappa shape index (κ2) is 8.99. The molecule has 0 heterocycles. The maximum absolute atomic E-state index is 12.2. The molecule has 8 heteroatoms. The van der Waals surface area contributed by atoms with Crippen LogP contribution in [-0.2, 0) is 6.42 Å². The summed E-state index contributed by atoms with van der Waals surface area (Å²) in [6.45, 7) is 0. The number of nitro benzene ring substituents is 1. The van der Waals surface area contributed by atoms with Crippen molar-refractivity contribution in [3.05, 3.63) is 104 Å². The van der Waals surface area contributed by atoms with Crippen molar-refractivity contribution in [2.24, 2.45) is 5.10 Å². The molecule has 0 radical (unpaired) electrons. The third kappa shape index (κ3) is 4.97. The fourth-order valence-corrected chi connectivity index (χ4v) is 2.93. The van der Waals surface area contributed by atoms with Crippen LogP contribution in [0.4, 0.5) is 5.69 Å². The van der Waals surface area contributed by atoms with Crippen LogP contribution in [0.3, 0.4) is 0 Å². The largest absolute Gasteiger partial charge is 0.507 e. The zero-order valence-electron chi connectivity index (χ0n) is 15.1. The first kappa shape index (κ1) is 20.0. The lowest BCUT2D eigenvalue weighted by molar-refractivity contribution is -0.385. The summed E-state index contributed by atoms with van der Waals surface area (Å²) in [5, 5.41) is 25.5. The molecule has 1 amide bonds. The summed E-state index contributed by atoms with van der Waals surface area (Å²) in [5.41, 5.74) is 4.04. The van der Waals surface area contributed by atoms with Crippen molar-refractivity contribution < 1.29 is 14.8 Å². The van der Waals surface area contributed by atoms with Crippen molar-refractivity contribution in [1.82, 2.24) is 5.43 Å². The molecule has 0 saturated carbocycles. The molecular weight excluding hydrogens is 394 g/mol. The normalized spacial score (nSPS) is 10.8. The van der Waals surface area contributed by atoms with Crippen molar-refractivity contribution in [3.63, 3.8) is 0 Å². The Kier molecular flexibility index (Phi) is 6.21. The highest BCUT2D eigenvalue weighted by molar-refractivity contribution is 6.31. The number of nitro groups is 1. The number of nitrogens with zero attached hydrogens (tertiary/aromatic N) is 2. The van der Waals surface area contributed by atoms with Crippen molar-refractivity contribution >= 4 is 29.4 Å². The average molecular weight is 410 g/mol. The molecule has 0 fully saturated rings. The predicted molar refractivity (Wildman–Crippen MR) is 111 cm³/mol. The van der Waals surface area contributed by atoms with Crippen LogP contribution in [-0.4, -0.2) is 22.2 Å². The summed E-state index contributed by atoms with van der Waals surface area (Å²) in [6.07, 6.45) is 1.83. The number of phenols is 1. The number of rotatable bonds is 6. The van der Waals surface area contributed by atoms with E-state index in [2.05, 4.69) is 10.5 Å². The quantitative estimate of drug-likeness (QED) is 0.359. The molecule has 29 heavy (non-hydrogen) atoms. The number of hydrogen-bond acceptors (Lipinski definition) is 5. The molecule has 0 aliphatic rings. The predicted octanol–water partition coefficient (Wildman–Crippen LogP) is 4.31. The molecule has 0 atom stereocenters. The molecular formula is C21H16ClN3O4. The van der Waals surface area contributed by atoms with Gasteiger partial charge in [0.1, 0.15) is 11.3 Å². The van der Waals surface area contributed by atoms with E-state index in [-0.39, 0.29) is 17.0 Å². The Bertz CT molecular complexity index is 1100. The summed E-state index contributed by atoms with van der Waals surface area (Å²) in [4.78, 5) is 22.6. The van der Waals surface area contributed by atoms with Gasteiger partial charge in [-0.3, -0.25) is 14.9 Å². The van der Waals surface area contributed by atoms with E-state index in [4.69, 9.17) is 11.6 Å². The lowest BCUT2D eigenvalue weighted by atomic mass is 10.0. The molecule has 0 aliphatic heterocycles. The monoisotopic (exact) mass is 409 g/mol. The fourth-order valence-electron chi connectivity index (χ4n) is 2.72. The van der Waals surface area contributed by atoms with Gasteiger partial charge in [-0.05, 0) is 41.8 Å². The van der Waals surface area contributed by atoms with Crippen LogP contribution in [0.1, 0.15) is 27.0 Å². The first-order chi connectivity index (χ1) is 14.0. The number of benzene rings is 3. The van der Waals surface area contributed by atoms with Crippen LogP contribution in [0, 0.1) is 10.1 Å². The van der Waals surface area contributed by atoms with E-state index in [0.29, 0.717) is 17.0 Å². The fraction of sp³-hybridized carbons (Fsp3) is 0.0476. The molecule has 0 bridgehead atoms. The lowest BCUT2D eigenvalue weighted by Gasteiger charge is -2.07. The minimum Gasteiger partial charge on any atom is -0.507 e. The van der Waals surface area contributed by atoms with Gasteiger partial charge in [-0.25, -0.2) is 5.43 Å². The zero-order valence-corrected chi connectivity index (χ0v) is 15.8. The van der Waals surface area contributed by atoms with Crippen molar-refractivity contribution in [3.8, 4) is 5.75 Å². The van der Waals surface area contributed by atoms with E-state index in [1.807, 2.05) is 18.2 Å². The van der Waals surface area contributed by atoms with Crippen molar-refractivity contribution in [1.29, 1.82) is 0 Å². The molecule has 3 aromatic carbocycles. The minimum atomic E-state index is -0.722. The van der Waals surface area contributed by atoms with Crippen molar-refractivity contribution in [2.75, 3.05) is 0 Å². The van der Waals surface area contributed by atoms with Gasteiger partial charge in [0.25, 0.3) is 11.6 Å². The minimum absolute atomic E-state index is 0.0170. The van der Waals surface area contributed by atoms with Gasteiger partial charge in [-0.1, -0.05) is 48.0 Å². The second-order valence-electron chi connectivity index (χ2n) is 6.13. The number of carbonyl (C=O) groups excluding carboxylic acids is 1. The van der Waals surface area contributed by atoms with Gasteiger partial charge >= 0.3 is 0 Å². The highest BCUT2D eigenvalue weighted by Gasteiger charge is 2.18. The van der Waals surface area contributed by atoms with E-state index in [1.54, 1.807) is 18.2 Å². The Hall–Kier alpha value is -3.71. The van der Waals surface area contributed by atoms with Gasteiger partial charge in [0.05, 0.1) is 11.1 Å². The number of carbonyl (C=O) groups is 1. The van der Waals surface area contributed by atoms with E-state index in [0.717, 1.165) is 11.1 Å². The Balaban J connectivity index is 1.75. The lowest BCUT2D eigenvalue weighted by Crippen LogP contribution is -2.19. The topological polar surface area (TPSA) is 105 Å². The number of halogens is 1. The molecule has 0 spiro atoms. The Morgan fingerprint density at radius 3 is 2.62 bits per heavy atom. The maximum Gasteiger partial charge on any atom is 0.282 e. The number of nitrogens with one attached hydrogen (secondary N) is 1. The average Bonchev–Trinajstić information content (AvgIpc) is 2.71. The summed E-state index contributed by atoms with van der Waals surface area (Å²) >= 11 is 6.19. The van der Waals surface area contributed by atoms with Crippen LogP contribution in [0.15, 0.2) is 71.8 Å². The Morgan fingerprint density at radius 1 is 1.14 bits per heavy atom. The maximum atomic E-state index is 12.2. The third-order valence-corrected chi connectivity index (χ3v) is 4.53. The number of aromatic hydroxyl groups is 1. The smallest absolute Gasteiger partial charge is 0.282 e. The Morgan fingerprint density at radius 2 is 1.86 bits per heavy atom. The van der Waals surface area contributed by atoms with Crippen LogP contribution >= 0.6 is 11.6 Å². The van der Waals surface area contributed by atoms with Gasteiger partial charge < -0.3 is 5.11 Å². The molecule has 0 aromatic heterocycles. The van der Waals surface area contributed by atoms with Gasteiger partial charge in [0, 0.05) is 16.7 Å². The summed E-state index contributed by atoms with van der Waals surface area (Å²) < 4.78 is 0. The first-order valence-corrected chi connectivity index (χ1v) is 8.95. The van der Waals surface area contributed by atoms with Crippen LogP contribution in [0.25, 0.3) is 0 Å². The summed E-state index contributed by atoms with van der Waals surface area (Å²) in [7, 11) is 0. The van der Waals surface area contributed by atoms with Crippen LogP contribution in [0.5, 0.6) is 5.75 Å².